The second kappa shape index (κ2) is 9.19. The van der Waals surface area contributed by atoms with Gasteiger partial charge in [0, 0.05) is 48.0 Å². The number of hydrogen-bond donors (Lipinski definition) is 2. The van der Waals surface area contributed by atoms with E-state index in [9.17, 15) is 28.8 Å². The Morgan fingerprint density at radius 2 is 1.21 bits per heavy atom. The maximum absolute atomic E-state index is 13.8. The topological polar surface area (TPSA) is 149 Å². The number of fused-ring (bicyclic) bond motifs is 2. The maximum Gasteiger partial charge on any atom is 0.303 e. The van der Waals surface area contributed by atoms with Crippen molar-refractivity contribution >= 4 is 74.0 Å². The fourth-order valence-electron chi connectivity index (χ4n) is 7.21. The first-order valence-corrected chi connectivity index (χ1v) is 14.2. The first kappa shape index (κ1) is 26.8. The molecule has 7 rings (SSSR count). The Morgan fingerprint density at radius 1 is 0.698 bits per heavy atom. The van der Waals surface area contributed by atoms with Crippen LogP contribution < -0.4 is 5.22 Å². The normalized spacial score (nSPS) is 19.1. The van der Waals surface area contributed by atoms with Crippen LogP contribution in [0, 0.1) is 0 Å². The van der Waals surface area contributed by atoms with Gasteiger partial charge in [0.25, 0.3) is 17.7 Å². The van der Waals surface area contributed by atoms with Gasteiger partial charge in [-0.2, -0.15) is 0 Å². The van der Waals surface area contributed by atoms with E-state index in [0.717, 1.165) is 37.0 Å². The summed E-state index contributed by atoms with van der Waals surface area (Å²) in [7, 11) is 0. The van der Waals surface area contributed by atoms with E-state index in [2.05, 4.69) is 0 Å². The zero-order chi connectivity index (χ0) is 30.4. The largest absolute Gasteiger partial charge is 0.481 e. The highest BCUT2D eigenvalue weighted by Gasteiger charge is 2.49. The van der Waals surface area contributed by atoms with E-state index in [1.54, 1.807) is 18.2 Å². The van der Waals surface area contributed by atoms with E-state index in [1.807, 2.05) is 31.2 Å². The maximum atomic E-state index is 13.8. The van der Waals surface area contributed by atoms with Gasteiger partial charge in [-0.25, -0.2) is 0 Å². The Morgan fingerprint density at radius 3 is 1.81 bits per heavy atom. The minimum absolute atomic E-state index is 0.00247. The van der Waals surface area contributed by atoms with E-state index in [1.165, 1.54) is 4.90 Å². The molecular formula is C33H26N2O8. The molecule has 0 saturated carbocycles. The summed E-state index contributed by atoms with van der Waals surface area (Å²) in [6.07, 6.45) is 2.32. The second-order valence-electron chi connectivity index (χ2n) is 11.7. The molecule has 0 spiro atoms. The number of amides is 4. The summed E-state index contributed by atoms with van der Waals surface area (Å²) in [4.78, 5) is 78.8. The molecule has 216 valence electrons. The number of nitrogens with zero attached hydrogens (tertiary/aromatic N) is 2. The van der Waals surface area contributed by atoms with Gasteiger partial charge >= 0.3 is 11.9 Å². The lowest BCUT2D eigenvalue weighted by molar-refractivity contribution is -0.139. The molecule has 0 aromatic heterocycles. The lowest BCUT2D eigenvalue weighted by atomic mass is 9.67. The molecule has 1 atom stereocenters. The smallest absolute Gasteiger partial charge is 0.303 e. The number of carboxylic acid groups (broad SMARTS) is 2. The highest BCUT2D eigenvalue weighted by Crippen LogP contribution is 2.46. The van der Waals surface area contributed by atoms with Crippen molar-refractivity contribution in [2.45, 2.75) is 44.4 Å². The summed E-state index contributed by atoms with van der Waals surface area (Å²) < 4.78 is 0. The molecule has 1 aliphatic carbocycles. The van der Waals surface area contributed by atoms with Crippen LogP contribution >= 0.6 is 0 Å². The third-order valence-corrected chi connectivity index (χ3v) is 9.17. The number of rotatable bonds is 8. The number of hydrogen-bond acceptors (Lipinski definition) is 6. The van der Waals surface area contributed by atoms with Crippen LogP contribution in [0.25, 0.3) is 38.4 Å². The molecule has 0 saturated heterocycles. The Hall–Kier alpha value is -5.12. The second-order valence-corrected chi connectivity index (χ2v) is 11.7. The third-order valence-electron chi connectivity index (χ3n) is 9.17. The fourth-order valence-corrected chi connectivity index (χ4v) is 7.21. The summed E-state index contributed by atoms with van der Waals surface area (Å²) in [6, 6.07) is 10.6. The van der Waals surface area contributed by atoms with Crippen molar-refractivity contribution in [3.8, 4) is 0 Å². The fraction of sp³-hybridized carbons (Fsp3) is 0.273. The molecular weight excluding hydrogens is 552 g/mol. The first-order chi connectivity index (χ1) is 20.5. The van der Waals surface area contributed by atoms with Crippen LogP contribution in [0.2, 0.25) is 0 Å². The van der Waals surface area contributed by atoms with Crippen molar-refractivity contribution in [1.29, 1.82) is 0 Å². The average Bonchev–Trinajstić information content (AvgIpc) is 2.97. The van der Waals surface area contributed by atoms with E-state index in [-0.39, 0.29) is 44.7 Å². The van der Waals surface area contributed by atoms with E-state index in [0.29, 0.717) is 34.1 Å². The predicted octanol–water partition coefficient (Wildman–Crippen LogP) is 3.62. The Labute approximate surface area is 244 Å². The first-order valence-electron chi connectivity index (χ1n) is 14.2. The zero-order valence-corrected chi connectivity index (χ0v) is 23.2. The lowest BCUT2D eigenvalue weighted by Gasteiger charge is -2.42. The number of carboxylic acids is 2. The molecule has 2 N–H and O–H groups in total. The van der Waals surface area contributed by atoms with Crippen LogP contribution in [0.4, 0.5) is 0 Å². The summed E-state index contributed by atoms with van der Waals surface area (Å²) >= 11 is 0. The predicted molar refractivity (Wildman–Crippen MR) is 156 cm³/mol. The van der Waals surface area contributed by atoms with Crippen molar-refractivity contribution in [2.24, 2.45) is 0 Å². The van der Waals surface area contributed by atoms with Crippen LogP contribution in [-0.4, -0.2) is 68.7 Å². The number of benzene rings is 4. The van der Waals surface area contributed by atoms with Crippen LogP contribution in [0.5, 0.6) is 0 Å². The number of carbonyl (C=O) groups excluding carboxylic acids is 4. The van der Waals surface area contributed by atoms with Crippen LogP contribution in [0.1, 0.15) is 75.7 Å². The molecule has 0 radical (unpaired) electrons. The van der Waals surface area contributed by atoms with E-state index >= 15 is 0 Å². The number of imide groups is 2. The van der Waals surface area contributed by atoms with Gasteiger partial charge < -0.3 is 10.2 Å². The minimum atomic E-state index is -1.02. The third kappa shape index (κ3) is 3.58. The van der Waals surface area contributed by atoms with Gasteiger partial charge in [-0.1, -0.05) is 24.3 Å². The molecule has 4 aromatic carbocycles. The highest BCUT2D eigenvalue weighted by atomic mass is 16.4. The van der Waals surface area contributed by atoms with Crippen molar-refractivity contribution < 1.29 is 39.0 Å². The van der Waals surface area contributed by atoms with Gasteiger partial charge in [0.2, 0.25) is 5.91 Å². The highest BCUT2D eigenvalue weighted by molar-refractivity contribution is 6.34. The number of aliphatic carboxylic acids is 2. The summed E-state index contributed by atoms with van der Waals surface area (Å²) in [5.74, 6) is -3.71. The molecule has 10 nitrogen and oxygen atoms in total. The van der Waals surface area contributed by atoms with Gasteiger partial charge in [0.15, 0.2) is 0 Å². The Bertz CT molecular complexity index is 2060. The minimum Gasteiger partial charge on any atom is -0.481 e. The summed E-state index contributed by atoms with van der Waals surface area (Å²) in [5.41, 5.74) is 0.790. The van der Waals surface area contributed by atoms with Crippen molar-refractivity contribution in [3.05, 3.63) is 63.9 Å². The zero-order valence-electron chi connectivity index (χ0n) is 23.2. The van der Waals surface area contributed by atoms with Crippen LogP contribution in [0.15, 0.2) is 36.4 Å². The molecule has 1 unspecified atom stereocenters. The van der Waals surface area contributed by atoms with Gasteiger partial charge in [0.1, 0.15) is 0 Å². The van der Waals surface area contributed by atoms with Gasteiger partial charge in [-0.3, -0.25) is 38.6 Å². The Kier molecular flexibility index (Phi) is 5.72. The monoisotopic (exact) mass is 578 g/mol. The van der Waals surface area contributed by atoms with Crippen molar-refractivity contribution in [1.82, 2.24) is 9.80 Å². The summed E-state index contributed by atoms with van der Waals surface area (Å²) in [5, 5.41) is 23.4. The average molecular weight is 579 g/mol. The molecule has 0 fully saturated rings. The quantitative estimate of drug-likeness (QED) is 0.183. The molecule has 0 bridgehead atoms. The number of carbonyl (C=O) groups is 6. The molecule has 4 aromatic rings. The molecule has 10 heteroatoms. The Balaban J connectivity index is 1.44. The van der Waals surface area contributed by atoms with Gasteiger partial charge in [-0.05, 0) is 82.1 Å². The molecule has 4 amide bonds. The van der Waals surface area contributed by atoms with Gasteiger partial charge in [-0.15, -0.1) is 0 Å². The van der Waals surface area contributed by atoms with E-state index < -0.39 is 35.1 Å². The van der Waals surface area contributed by atoms with E-state index in [4.69, 9.17) is 10.2 Å². The molecule has 3 aliphatic rings. The molecule has 2 heterocycles. The van der Waals surface area contributed by atoms with Crippen LogP contribution in [-0.2, 0) is 19.8 Å². The van der Waals surface area contributed by atoms with Crippen molar-refractivity contribution in [2.75, 3.05) is 13.1 Å². The standard InChI is InChI=1S/C33H26N2O8/c1-33-13-12-19-17-7-10-21-26-20(29(40)34(30(21)41)14-2-4-23(36)37)9-6-16(25(17)26)18-8-11-22(28(33)27(18)19)31(42)35(32(33)43)15-3-5-24(38)39/h6-12H,2-5,13-15H2,1H3,(H,36,37)(H,38,39). The molecule has 2 aliphatic heterocycles. The van der Waals surface area contributed by atoms with Gasteiger partial charge in [0.05, 0.1) is 5.41 Å². The lowest BCUT2D eigenvalue weighted by Crippen LogP contribution is -2.54. The van der Waals surface area contributed by atoms with Crippen molar-refractivity contribution in [3.63, 3.8) is 0 Å². The summed E-state index contributed by atoms with van der Waals surface area (Å²) in [6.45, 7) is 1.85. The van der Waals surface area contributed by atoms with Crippen LogP contribution in [0.3, 0.4) is 0 Å². The SMILES string of the molecule is CC12CC=c3c4ccc5c6c(ccc(c7ccc(c1c37)C(=O)N(CCCC(=O)O)C2=O)c64)C(=O)N(CCCC(=O)O)C5=O. The molecule has 43 heavy (non-hydrogen) atoms.